The normalized spacial score (nSPS) is 10.4. The number of anilines is 1. The largest absolute Gasteiger partial charge is 0.431 e. The van der Waals surface area contributed by atoms with Gasteiger partial charge >= 0.3 is 6.61 Å². The van der Waals surface area contributed by atoms with Gasteiger partial charge in [-0.2, -0.15) is 8.78 Å². The summed E-state index contributed by atoms with van der Waals surface area (Å²) in [6.45, 7) is -3.04. The summed E-state index contributed by atoms with van der Waals surface area (Å²) in [5.41, 5.74) is 0.0404. The van der Waals surface area contributed by atoms with Gasteiger partial charge in [-0.1, -0.05) is 6.07 Å². The van der Waals surface area contributed by atoms with Gasteiger partial charge in [-0.15, -0.1) is 0 Å². The fourth-order valence-corrected chi connectivity index (χ4v) is 1.48. The number of rotatable bonds is 4. The van der Waals surface area contributed by atoms with Crippen molar-refractivity contribution in [3.05, 3.63) is 54.0 Å². The third-order valence-electron chi connectivity index (χ3n) is 2.31. The summed E-state index contributed by atoms with van der Waals surface area (Å²) in [6.07, 6.45) is 1.31. The summed E-state index contributed by atoms with van der Waals surface area (Å²) < 4.78 is 41.6. The minimum Gasteiger partial charge on any atom is -0.431 e. The van der Waals surface area contributed by atoms with Crippen molar-refractivity contribution in [2.45, 2.75) is 6.61 Å². The van der Waals surface area contributed by atoms with Crippen molar-refractivity contribution in [1.29, 1.82) is 0 Å². The van der Waals surface area contributed by atoms with Crippen LogP contribution >= 0.6 is 0 Å². The smallest absolute Gasteiger partial charge is 0.387 e. The van der Waals surface area contributed by atoms with Crippen LogP contribution in [0.15, 0.2) is 42.6 Å². The molecular weight excluding hydrogens is 273 g/mol. The zero-order valence-electron chi connectivity index (χ0n) is 10.0. The monoisotopic (exact) mass is 282 g/mol. The van der Waals surface area contributed by atoms with Crippen molar-refractivity contribution in [2.75, 3.05) is 5.32 Å². The minimum atomic E-state index is -3.04. The van der Waals surface area contributed by atoms with Gasteiger partial charge in [-0.3, -0.25) is 4.79 Å². The molecule has 0 unspecified atom stereocenters. The molecule has 0 spiro atoms. The fourth-order valence-electron chi connectivity index (χ4n) is 1.48. The Bertz CT molecular complexity index is 620. The molecule has 1 N–H and O–H groups in total. The van der Waals surface area contributed by atoms with E-state index >= 15 is 0 Å². The number of carbonyl (C=O) groups is 1. The van der Waals surface area contributed by atoms with E-state index < -0.39 is 18.3 Å². The highest BCUT2D eigenvalue weighted by Gasteiger charge is 2.14. The van der Waals surface area contributed by atoms with E-state index in [0.717, 1.165) is 6.07 Å². The van der Waals surface area contributed by atoms with Crippen molar-refractivity contribution in [3.8, 4) is 5.75 Å². The van der Waals surface area contributed by atoms with E-state index in [2.05, 4.69) is 15.0 Å². The lowest BCUT2D eigenvalue weighted by Gasteiger charge is -2.10. The molecule has 1 heterocycles. The van der Waals surface area contributed by atoms with Crippen molar-refractivity contribution in [3.63, 3.8) is 0 Å². The second-order valence-electron chi connectivity index (χ2n) is 3.69. The van der Waals surface area contributed by atoms with Crippen LogP contribution in [0.2, 0.25) is 0 Å². The molecule has 0 aliphatic carbocycles. The molecule has 20 heavy (non-hydrogen) atoms. The summed E-state index contributed by atoms with van der Waals surface area (Å²) in [4.78, 5) is 15.6. The molecule has 0 aliphatic rings. The first-order chi connectivity index (χ1) is 9.56. The molecule has 1 aromatic carbocycles. The molecule has 0 bridgehead atoms. The van der Waals surface area contributed by atoms with E-state index in [1.54, 1.807) is 0 Å². The third-order valence-corrected chi connectivity index (χ3v) is 2.31. The Morgan fingerprint density at radius 3 is 2.75 bits per heavy atom. The number of ether oxygens (including phenoxy) is 1. The second kappa shape index (κ2) is 6.05. The van der Waals surface area contributed by atoms with Crippen molar-refractivity contribution in [1.82, 2.24) is 4.98 Å². The highest BCUT2D eigenvalue weighted by molar-refractivity contribution is 6.04. The lowest BCUT2D eigenvalue weighted by Crippen LogP contribution is -2.15. The molecule has 0 saturated heterocycles. The topological polar surface area (TPSA) is 51.2 Å². The van der Waals surface area contributed by atoms with Crippen LogP contribution in [0.5, 0.6) is 5.75 Å². The molecule has 0 saturated carbocycles. The van der Waals surface area contributed by atoms with Crippen molar-refractivity contribution in [2.24, 2.45) is 0 Å². The molecule has 7 heteroatoms. The number of amides is 1. The SMILES string of the molecule is O=C(Nc1ncccc1OC(F)F)c1cccc(F)c1. The van der Waals surface area contributed by atoms with Crippen LogP contribution < -0.4 is 10.1 Å². The van der Waals surface area contributed by atoms with Crippen LogP contribution in [-0.4, -0.2) is 17.5 Å². The van der Waals surface area contributed by atoms with Crippen molar-refractivity contribution < 1.29 is 22.7 Å². The van der Waals surface area contributed by atoms with Gasteiger partial charge in [0.2, 0.25) is 0 Å². The average molecular weight is 282 g/mol. The average Bonchev–Trinajstić information content (AvgIpc) is 2.40. The maximum Gasteiger partial charge on any atom is 0.387 e. The first-order valence-electron chi connectivity index (χ1n) is 5.53. The number of hydrogen-bond acceptors (Lipinski definition) is 3. The number of pyridine rings is 1. The third kappa shape index (κ3) is 3.47. The van der Waals surface area contributed by atoms with Gasteiger partial charge in [0.15, 0.2) is 11.6 Å². The molecule has 2 rings (SSSR count). The standard InChI is InChI=1S/C13H9F3N2O2/c14-9-4-1-3-8(7-9)12(19)18-11-10(20-13(15)16)5-2-6-17-11/h1-7,13H,(H,17,18,19). The Kier molecular flexibility index (Phi) is 4.19. The lowest BCUT2D eigenvalue weighted by molar-refractivity contribution is -0.0495. The summed E-state index contributed by atoms with van der Waals surface area (Å²) in [7, 11) is 0. The first-order valence-corrected chi connectivity index (χ1v) is 5.53. The van der Waals surface area contributed by atoms with E-state index in [1.807, 2.05) is 0 Å². The number of nitrogens with one attached hydrogen (secondary N) is 1. The number of benzene rings is 1. The van der Waals surface area contributed by atoms with E-state index in [1.165, 1.54) is 36.5 Å². The maximum absolute atomic E-state index is 13.0. The Morgan fingerprint density at radius 2 is 2.05 bits per heavy atom. The van der Waals surface area contributed by atoms with E-state index in [4.69, 9.17) is 0 Å². The summed E-state index contributed by atoms with van der Waals surface area (Å²) >= 11 is 0. The van der Waals surface area contributed by atoms with E-state index in [9.17, 15) is 18.0 Å². The molecule has 0 atom stereocenters. The van der Waals surface area contributed by atoms with Gasteiger partial charge in [0.1, 0.15) is 5.82 Å². The highest BCUT2D eigenvalue weighted by atomic mass is 19.3. The van der Waals surface area contributed by atoms with Crippen molar-refractivity contribution >= 4 is 11.7 Å². The fraction of sp³-hybridized carbons (Fsp3) is 0.0769. The number of hydrogen-bond donors (Lipinski definition) is 1. The number of aromatic nitrogens is 1. The zero-order chi connectivity index (χ0) is 14.5. The molecule has 0 radical (unpaired) electrons. The van der Waals surface area contributed by atoms with Crippen LogP contribution in [0, 0.1) is 5.82 Å². The second-order valence-corrected chi connectivity index (χ2v) is 3.69. The molecule has 4 nitrogen and oxygen atoms in total. The molecule has 2 aromatic rings. The summed E-state index contributed by atoms with van der Waals surface area (Å²) in [5, 5.41) is 2.28. The predicted octanol–water partition coefficient (Wildman–Crippen LogP) is 3.07. The zero-order valence-corrected chi connectivity index (χ0v) is 10.0. The minimum absolute atomic E-state index is 0.0404. The molecular formula is C13H9F3N2O2. The van der Waals surface area contributed by atoms with Crippen LogP contribution in [-0.2, 0) is 0 Å². The van der Waals surface area contributed by atoms with Crippen LogP contribution in [0.4, 0.5) is 19.0 Å². The lowest BCUT2D eigenvalue weighted by atomic mass is 10.2. The van der Waals surface area contributed by atoms with E-state index in [-0.39, 0.29) is 17.1 Å². The quantitative estimate of drug-likeness (QED) is 0.937. The van der Waals surface area contributed by atoms with E-state index in [0.29, 0.717) is 0 Å². The van der Waals surface area contributed by atoms with Crippen LogP contribution in [0.3, 0.4) is 0 Å². The van der Waals surface area contributed by atoms with Crippen LogP contribution in [0.25, 0.3) is 0 Å². The number of alkyl halides is 2. The maximum atomic E-state index is 13.0. The Hall–Kier alpha value is -2.57. The van der Waals surface area contributed by atoms with Gasteiger partial charge in [0.05, 0.1) is 0 Å². The van der Waals surface area contributed by atoms with Gasteiger partial charge < -0.3 is 10.1 Å². The molecule has 1 amide bonds. The van der Waals surface area contributed by atoms with Gasteiger partial charge in [-0.25, -0.2) is 9.37 Å². The Balaban J connectivity index is 2.19. The predicted molar refractivity (Wildman–Crippen MR) is 65.2 cm³/mol. The van der Waals surface area contributed by atoms with Crippen LogP contribution in [0.1, 0.15) is 10.4 Å². The molecule has 0 fully saturated rings. The van der Waals surface area contributed by atoms with Gasteiger partial charge in [-0.05, 0) is 30.3 Å². The molecule has 104 valence electrons. The number of carbonyl (C=O) groups excluding carboxylic acids is 1. The Morgan fingerprint density at radius 1 is 1.25 bits per heavy atom. The van der Waals surface area contributed by atoms with Gasteiger partial charge in [0, 0.05) is 11.8 Å². The molecule has 1 aromatic heterocycles. The number of nitrogens with zero attached hydrogens (tertiary/aromatic N) is 1. The summed E-state index contributed by atoms with van der Waals surface area (Å²) in [5.74, 6) is -1.70. The first kappa shape index (κ1) is 13.9. The van der Waals surface area contributed by atoms with Gasteiger partial charge in [0.25, 0.3) is 5.91 Å². The highest BCUT2D eigenvalue weighted by Crippen LogP contribution is 2.23. The summed E-state index contributed by atoms with van der Waals surface area (Å²) in [6, 6.07) is 7.57. The Labute approximate surface area is 112 Å². The molecule has 0 aliphatic heterocycles. The number of halogens is 3.